The monoisotopic (exact) mass is 410 g/mol. The van der Waals surface area contributed by atoms with Gasteiger partial charge in [0.05, 0.1) is 11.3 Å². The molecule has 8 heteroatoms. The summed E-state index contributed by atoms with van der Waals surface area (Å²) in [6.07, 6.45) is 2.93. The molecule has 1 aromatic carbocycles. The summed E-state index contributed by atoms with van der Waals surface area (Å²) < 4.78 is 0. The highest BCUT2D eigenvalue weighted by molar-refractivity contribution is 7.17. The lowest BCUT2D eigenvalue weighted by atomic mass is 9.97. The van der Waals surface area contributed by atoms with Crippen molar-refractivity contribution in [1.82, 2.24) is 14.9 Å². The van der Waals surface area contributed by atoms with Gasteiger partial charge in [-0.3, -0.25) is 9.59 Å². The molecule has 0 bridgehead atoms. The molecule has 3 aromatic rings. The van der Waals surface area contributed by atoms with Crippen LogP contribution < -0.4 is 5.32 Å². The summed E-state index contributed by atoms with van der Waals surface area (Å²) in [5, 5.41) is 15.4. The number of carboxylic acids is 1. The fourth-order valence-corrected chi connectivity index (χ4v) is 4.58. The number of carbonyl (C=O) groups is 2. The van der Waals surface area contributed by atoms with Crippen molar-refractivity contribution in [1.29, 1.82) is 0 Å². The van der Waals surface area contributed by atoms with Crippen molar-refractivity contribution in [2.45, 2.75) is 19.3 Å². The zero-order valence-electron chi connectivity index (χ0n) is 15.9. The number of nitrogens with zero attached hydrogens (tertiary/aromatic N) is 3. The van der Waals surface area contributed by atoms with Crippen molar-refractivity contribution in [2.24, 2.45) is 5.92 Å². The third kappa shape index (κ3) is 4.22. The highest BCUT2D eigenvalue weighted by Gasteiger charge is 2.26. The van der Waals surface area contributed by atoms with Gasteiger partial charge in [0.25, 0.3) is 0 Å². The minimum absolute atomic E-state index is 0.0419. The van der Waals surface area contributed by atoms with Crippen LogP contribution in [0.25, 0.3) is 21.3 Å². The van der Waals surface area contributed by atoms with Gasteiger partial charge in [-0.2, -0.15) is 0 Å². The largest absolute Gasteiger partial charge is 0.481 e. The smallest absolute Gasteiger partial charge is 0.306 e. The van der Waals surface area contributed by atoms with Crippen LogP contribution in [0.15, 0.2) is 42.0 Å². The average Bonchev–Trinajstić information content (AvgIpc) is 3.19. The normalized spacial score (nSPS) is 14.8. The topological polar surface area (TPSA) is 95.4 Å². The summed E-state index contributed by atoms with van der Waals surface area (Å²) >= 11 is 1.57. The molecule has 1 saturated heterocycles. The van der Waals surface area contributed by atoms with Crippen molar-refractivity contribution in [3.8, 4) is 11.1 Å². The van der Waals surface area contributed by atoms with Gasteiger partial charge < -0.3 is 15.3 Å². The number of carbonyl (C=O) groups excluding carboxylic acids is 1. The molecule has 1 aliphatic rings. The minimum Gasteiger partial charge on any atom is -0.481 e. The van der Waals surface area contributed by atoms with Crippen LogP contribution in [0.1, 0.15) is 19.3 Å². The minimum atomic E-state index is -0.767. The van der Waals surface area contributed by atoms with Gasteiger partial charge in [-0.1, -0.05) is 30.3 Å². The molecular weight excluding hydrogens is 388 g/mol. The Labute approximate surface area is 172 Å². The Morgan fingerprint density at radius 2 is 1.93 bits per heavy atom. The van der Waals surface area contributed by atoms with Crippen LogP contribution in [-0.2, 0) is 9.59 Å². The zero-order valence-corrected chi connectivity index (χ0v) is 16.7. The van der Waals surface area contributed by atoms with Crippen molar-refractivity contribution < 1.29 is 14.7 Å². The number of piperidine rings is 1. The van der Waals surface area contributed by atoms with Gasteiger partial charge in [-0.25, -0.2) is 9.97 Å². The van der Waals surface area contributed by atoms with Crippen LogP contribution in [0.5, 0.6) is 0 Å². The number of thiophene rings is 1. The number of likely N-dealkylation sites (tertiary alicyclic amines) is 1. The summed E-state index contributed by atoms with van der Waals surface area (Å²) in [5.74, 6) is -0.328. The SMILES string of the molecule is O=C(O)C1CCN(C(=O)CCNc2ncnc3scc(-c4ccccc4)c23)CC1. The second-order valence-electron chi connectivity index (χ2n) is 7.09. The molecule has 0 unspecified atom stereocenters. The molecule has 3 heterocycles. The van der Waals surface area contributed by atoms with Gasteiger partial charge in [0.2, 0.25) is 5.91 Å². The van der Waals surface area contributed by atoms with E-state index in [4.69, 9.17) is 5.11 Å². The van der Waals surface area contributed by atoms with E-state index in [-0.39, 0.29) is 11.8 Å². The van der Waals surface area contributed by atoms with E-state index >= 15 is 0 Å². The molecule has 0 saturated carbocycles. The third-order valence-electron chi connectivity index (χ3n) is 5.28. The maximum absolute atomic E-state index is 12.5. The van der Waals surface area contributed by atoms with E-state index in [0.29, 0.717) is 38.9 Å². The molecule has 0 atom stereocenters. The Balaban J connectivity index is 1.41. The first-order valence-electron chi connectivity index (χ1n) is 9.65. The maximum Gasteiger partial charge on any atom is 0.306 e. The number of nitrogens with one attached hydrogen (secondary N) is 1. The van der Waals surface area contributed by atoms with Crippen LogP contribution in [0, 0.1) is 5.92 Å². The molecule has 7 nitrogen and oxygen atoms in total. The zero-order chi connectivity index (χ0) is 20.2. The number of hydrogen-bond donors (Lipinski definition) is 2. The van der Waals surface area contributed by atoms with E-state index in [1.165, 1.54) is 6.33 Å². The molecule has 2 N–H and O–H groups in total. The third-order valence-corrected chi connectivity index (χ3v) is 6.17. The molecule has 29 heavy (non-hydrogen) atoms. The van der Waals surface area contributed by atoms with Crippen molar-refractivity contribution in [2.75, 3.05) is 25.0 Å². The van der Waals surface area contributed by atoms with E-state index in [0.717, 1.165) is 27.2 Å². The van der Waals surface area contributed by atoms with Gasteiger partial charge in [-0.15, -0.1) is 11.3 Å². The Morgan fingerprint density at radius 1 is 1.17 bits per heavy atom. The Kier molecular flexibility index (Phi) is 5.71. The van der Waals surface area contributed by atoms with Crippen LogP contribution in [0.4, 0.5) is 5.82 Å². The van der Waals surface area contributed by atoms with Gasteiger partial charge in [0.15, 0.2) is 0 Å². The average molecular weight is 410 g/mol. The van der Waals surface area contributed by atoms with Gasteiger partial charge >= 0.3 is 5.97 Å². The highest BCUT2D eigenvalue weighted by Crippen LogP contribution is 2.36. The summed E-state index contributed by atoms with van der Waals surface area (Å²) in [4.78, 5) is 35.0. The number of rotatable bonds is 6. The molecule has 1 amide bonds. The van der Waals surface area contributed by atoms with E-state index < -0.39 is 5.97 Å². The standard InChI is InChI=1S/C21H22N4O3S/c26-17(25-10-7-15(8-11-25)21(27)28)6-9-22-19-18-16(14-4-2-1-3-5-14)12-29-20(18)24-13-23-19/h1-5,12-13,15H,6-11H2,(H,27,28)(H,22,23,24). The van der Waals surface area contributed by atoms with Gasteiger partial charge in [0, 0.05) is 37.0 Å². The van der Waals surface area contributed by atoms with Crippen LogP contribution in [-0.4, -0.2) is 51.5 Å². The molecular formula is C21H22N4O3S. The number of hydrogen-bond acceptors (Lipinski definition) is 6. The fraction of sp³-hybridized carbons (Fsp3) is 0.333. The van der Waals surface area contributed by atoms with Crippen molar-refractivity contribution in [3.63, 3.8) is 0 Å². The van der Waals surface area contributed by atoms with Crippen LogP contribution in [0.3, 0.4) is 0 Å². The second-order valence-corrected chi connectivity index (χ2v) is 7.95. The van der Waals surface area contributed by atoms with Crippen LogP contribution >= 0.6 is 11.3 Å². The lowest BCUT2D eigenvalue weighted by molar-refractivity contribution is -0.145. The molecule has 0 spiro atoms. The molecule has 1 aliphatic heterocycles. The number of anilines is 1. The van der Waals surface area contributed by atoms with Gasteiger partial charge in [0.1, 0.15) is 17.0 Å². The molecule has 2 aromatic heterocycles. The van der Waals surface area contributed by atoms with Crippen molar-refractivity contribution in [3.05, 3.63) is 42.0 Å². The first-order chi connectivity index (χ1) is 14.1. The predicted molar refractivity (Wildman–Crippen MR) is 113 cm³/mol. The molecule has 4 rings (SSSR count). The summed E-state index contributed by atoms with van der Waals surface area (Å²) in [6.45, 7) is 1.49. The first kappa shape index (κ1) is 19.3. The lowest BCUT2D eigenvalue weighted by Gasteiger charge is -2.30. The Bertz CT molecular complexity index is 1010. The van der Waals surface area contributed by atoms with E-state index in [2.05, 4.69) is 32.8 Å². The summed E-state index contributed by atoms with van der Waals surface area (Å²) in [6, 6.07) is 10.1. The molecule has 150 valence electrons. The quantitative estimate of drug-likeness (QED) is 0.646. The number of aliphatic carboxylic acids is 1. The maximum atomic E-state index is 12.5. The van der Waals surface area contributed by atoms with Gasteiger partial charge in [-0.05, 0) is 18.4 Å². The number of amides is 1. The summed E-state index contributed by atoms with van der Waals surface area (Å²) in [5.41, 5.74) is 2.18. The second kappa shape index (κ2) is 8.57. The number of carboxylic acid groups (broad SMARTS) is 1. The van der Waals surface area contributed by atoms with E-state index in [1.807, 2.05) is 18.2 Å². The number of benzene rings is 1. The number of fused-ring (bicyclic) bond motifs is 1. The predicted octanol–water partition coefficient (Wildman–Crippen LogP) is 3.48. The number of aromatic nitrogens is 2. The first-order valence-corrected chi connectivity index (χ1v) is 10.5. The molecule has 1 fully saturated rings. The lowest BCUT2D eigenvalue weighted by Crippen LogP contribution is -2.40. The molecule has 0 aliphatic carbocycles. The Morgan fingerprint density at radius 3 is 2.66 bits per heavy atom. The van der Waals surface area contributed by atoms with Crippen LogP contribution in [0.2, 0.25) is 0 Å². The van der Waals surface area contributed by atoms with E-state index in [1.54, 1.807) is 16.2 Å². The highest BCUT2D eigenvalue weighted by atomic mass is 32.1. The van der Waals surface area contributed by atoms with Crippen molar-refractivity contribution >= 4 is 39.2 Å². The Hall–Kier alpha value is -3.00. The fourth-order valence-electron chi connectivity index (χ4n) is 3.66. The van der Waals surface area contributed by atoms with E-state index in [9.17, 15) is 9.59 Å². The summed E-state index contributed by atoms with van der Waals surface area (Å²) in [7, 11) is 0. The molecule has 0 radical (unpaired) electrons.